The summed E-state index contributed by atoms with van der Waals surface area (Å²) >= 11 is 0. The molecular weight excluding hydrogens is 362 g/mol. The molecule has 4 rings (SSSR count). The lowest BCUT2D eigenvalue weighted by Crippen LogP contribution is -2.70. The van der Waals surface area contributed by atoms with Crippen LogP contribution in [0, 0.1) is 5.92 Å². The van der Waals surface area contributed by atoms with Crippen molar-refractivity contribution in [1.29, 1.82) is 0 Å². The summed E-state index contributed by atoms with van der Waals surface area (Å²) in [7, 11) is 3.13. The first-order chi connectivity index (χ1) is 13.4. The number of carbonyl (C=O) groups is 2. The normalized spacial score (nSPS) is 24.8. The van der Waals surface area contributed by atoms with Crippen molar-refractivity contribution in [3.8, 4) is 17.2 Å². The Morgan fingerprint density at radius 2 is 1.89 bits per heavy atom. The van der Waals surface area contributed by atoms with Crippen molar-refractivity contribution in [2.24, 2.45) is 5.92 Å². The molecule has 2 heterocycles. The van der Waals surface area contributed by atoms with E-state index in [0.29, 0.717) is 28.5 Å². The maximum absolute atomic E-state index is 13.2. The maximum atomic E-state index is 13.2. The summed E-state index contributed by atoms with van der Waals surface area (Å²) in [5.41, 5.74) is 0.0855. The molecule has 1 fully saturated rings. The molecule has 3 N–H and O–H groups in total. The molecule has 0 saturated carbocycles. The Bertz CT molecular complexity index is 930. The van der Waals surface area contributed by atoms with Gasteiger partial charge in [0.2, 0.25) is 5.91 Å². The Morgan fingerprint density at radius 1 is 1.14 bits per heavy atom. The Balaban J connectivity index is 1.69. The Hall–Kier alpha value is -3.42. The van der Waals surface area contributed by atoms with Crippen molar-refractivity contribution in [2.45, 2.75) is 18.7 Å². The molecule has 3 unspecified atom stereocenters. The van der Waals surface area contributed by atoms with Crippen molar-refractivity contribution in [3.63, 3.8) is 0 Å². The zero-order chi connectivity index (χ0) is 19.9. The van der Waals surface area contributed by atoms with Gasteiger partial charge in [-0.3, -0.25) is 10.1 Å². The van der Waals surface area contributed by atoms with E-state index in [9.17, 15) is 9.59 Å². The van der Waals surface area contributed by atoms with Gasteiger partial charge in [-0.05, 0) is 37.3 Å². The number of ether oxygens (including phenoxy) is 3. The van der Waals surface area contributed by atoms with Crippen molar-refractivity contribution in [1.82, 2.24) is 10.6 Å². The van der Waals surface area contributed by atoms with Crippen molar-refractivity contribution >= 4 is 17.6 Å². The van der Waals surface area contributed by atoms with Crippen molar-refractivity contribution < 1.29 is 23.8 Å². The molecule has 28 heavy (non-hydrogen) atoms. The van der Waals surface area contributed by atoms with Crippen molar-refractivity contribution in [3.05, 3.63) is 48.0 Å². The van der Waals surface area contributed by atoms with Crippen LogP contribution in [0.3, 0.4) is 0 Å². The summed E-state index contributed by atoms with van der Waals surface area (Å²) in [5, 5.41) is 8.49. The summed E-state index contributed by atoms with van der Waals surface area (Å²) in [5.74, 6) is 0.766. The zero-order valence-corrected chi connectivity index (χ0v) is 15.7. The van der Waals surface area contributed by atoms with E-state index in [0.717, 1.165) is 0 Å². The van der Waals surface area contributed by atoms with E-state index in [2.05, 4.69) is 16.0 Å². The molecule has 2 bridgehead atoms. The van der Waals surface area contributed by atoms with Gasteiger partial charge in [0.15, 0.2) is 17.2 Å². The van der Waals surface area contributed by atoms with Gasteiger partial charge in [0, 0.05) is 11.3 Å². The number of rotatable bonds is 4. The number of anilines is 1. The van der Waals surface area contributed by atoms with E-state index in [1.165, 1.54) is 0 Å². The predicted molar refractivity (Wildman–Crippen MR) is 102 cm³/mol. The predicted octanol–water partition coefficient (Wildman–Crippen LogP) is 2.42. The number of nitrogens with one attached hydrogen (secondary N) is 3. The van der Waals surface area contributed by atoms with E-state index in [1.54, 1.807) is 57.5 Å². The summed E-state index contributed by atoms with van der Waals surface area (Å²) in [6, 6.07) is 11.5. The molecule has 0 aromatic heterocycles. The summed E-state index contributed by atoms with van der Waals surface area (Å²) in [6.45, 7) is 1.69. The number of benzene rings is 2. The molecular formula is C20H21N3O5. The molecule has 146 valence electrons. The van der Waals surface area contributed by atoms with Gasteiger partial charge in [0.05, 0.1) is 20.3 Å². The van der Waals surface area contributed by atoms with Crippen molar-refractivity contribution in [2.75, 3.05) is 19.5 Å². The monoisotopic (exact) mass is 383 g/mol. The van der Waals surface area contributed by atoms with E-state index < -0.39 is 23.7 Å². The minimum atomic E-state index is -1.23. The fraction of sp³-hybridized carbons (Fsp3) is 0.300. The number of hydrogen-bond acceptors (Lipinski definition) is 5. The average molecular weight is 383 g/mol. The molecule has 8 heteroatoms. The topological polar surface area (TPSA) is 97.9 Å². The minimum Gasteiger partial charge on any atom is -0.497 e. The lowest BCUT2D eigenvalue weighted by molar-refractivity contribution is -0.133. The lowest BCUT2D eigenvalue weighted by atomic mass is 9.79. The molecule has 2 aromatic carbocycles. The first kappa shape index (κ1) is 18.0. The molecule has 2 aliphatic rings. The fourth-order valence-corrected chi connectivity index (χ4v) is 3.78. The van der Waals surface area contributed by atoms with Crippen LogP contribution >= 0.6 is 0 Å². The van der Waals surface area contributed by atoms with Gasteiger partial charge in [0.25, 0.3) is 0 Å². The number of urea groups is 1. The van der Waals surface area contributed by atoms with E-state index in [4.69, 9.17) is 14.2 Å². The van der Waals surface area contributed by atoms with Crippen LogP contribution in [0.15, 0.2) is 42.5 Å². The molecule has 0 radical (unpaired) electrons. The third-order valence-corrected chi connectivity index (χ3v) is 5.09. The first-order valence-electron chi connectivity index (χ1n) is 8.84. The van der Waals surface area contributed by atoms with E-state index >= 15 is 0 Å². The van der Waals surface area contributed by atoms with Gasteiger partial charge in [-0.15, -0.1) is 0 Å². The molecule has 0 spiro atoms. The van der Waals surface area contributed by atoms with E-state index in [-0.39, 0.29) is 5.91 Å². The van der Waals surface area contributed by atoms with Crippen LogP contribution in [0.2, 0.25) is 0 Å². The minimum absolute atomic E-state index is 0.279. The highest BCUT2D eigenvalue weighted by molar-refractivity contribution is 5.96. The lowest BCUT2D eigenvalue weighted by Gasteiger charge is -2.49. The molecule has 3 atom stereocenters. The average Bonchev–Trinajstić information content (AvgIpc) is 2.67. The first-order valence-corrected chi connectivity index (χ1v) is 8.84. The standard InChI is InChI=1S/C20H21N3O5/c1-20-15(18(24)21-11-7-9-12(26-2)10-8-11)16(22-19(25)23-20)13-5-4-6-14(27-3)17(13)28-20/h4-10,15-16H,1-3H3,(H,21,24)(H2,22,23,25). The Morgan fingerprint density at radius 3 is 2.57 bits per heavy atom. The number of carbonyl (C=O) groups excluding carboxylic acids is 2. The number of methoxy groups -OCH3 is 2. The number of fused-ring (bicyclic) bond motifs is 4. The van der Waals surface area contributed by atoms with Crippen LogP contribution in [0.4, 0.5) is 10.5 Å². The van der Waals surface area contributed by atoms with Crippen LogP contribution in [-0.2, 0) is 4.79 Å². The largest absolute Gasteiger partial charge is 0.497 e. The Labute approximate surface area is 162 Å². The van der Waals surface area contributed by atoms with Gasteiger partial charge in [-0.2, -0.15) is 0 Å². The van der Waals surface area contributed by atoms with Crippen LogP contribution in [-0.4, -0.2) is 31.9 Å². The van der Waals surface area contributed by atoms with Crippen LogP contribution in [0.25, 0.3) is 0 Å². The van der Waals surface area contributed by atoms with Gasteiger partial charge in [-0.1, -0.05) is 12.1 Å². The zero-order valence-electron chi connectivity index (χ0n) is 15.7. The highest BCUT2D eigenvalue weighted by atomic mass is 16.5. The highest BCUT2D eigenvalue weighted by Gasteiger charge is 2.56. The van der Waals surface area contributed by atoms with E-state index in [1.807, 2.05) is 6.07 Å². The Kier molecular flexibility index (Phi) is 4.26. The third kappa shape index (κ3) is 2.87. The molecule has 2 aromatic rings. The molecule has 3 amide bonds. The van der Waals surface area contributed by atoms with Gasteiger partial charge >= 0.3 is 6.03 Å². The highest BCUT2D eigenvalue weighted by Crippen LogP contribution is 2.48. The van der Waals surface area contributed by atoms with Gasteiger partial charge in [0.1, 0.15) is 11.7 Å². The molecule has 0 aliphatic carbocycles. The maximum Gasteiger partial charge on any atom is 0.318 e. The van der Waals surface area contributed by atoms with Gasteiger partial charge in [-0.25, -0.2) is 4.79 Å². The second kappa shape index (κ2) is 6.63. The SMILES string of the molecule is COc1ccc(NC(=O)C2C3NC(=O)NC2(C)Oc2c(OC)cccc23)cc1. The summed E-state index contributed by atoms with van der Waals surface area (Å²) < 4.78 is 16.6. The number of hydrogen-bond donors (Lipinski definition) is 3. The van der Waals surface area contributed by atoms with Gasteiger partial charge < -0.3 is 24.8 Å². The quantitative estimate of drug-likeness (QED) is 0.753. The second-order valence-corrected chi connectivity index (χ2v) is 6.86. The third-order valence-electron chi connectivity index (χ3n) is 5.09. The molecule has 8 nitrogen and oxygen atoms in total. The van der Waals surface area contributed by atoms with Crippen LogP contribution in [0.5, 0.6) is 17.2 Å². The second-order valence-electron chi connectivity index (χ2n) is 6.86. The van der Waals surface area contributed by atoms with Crippen LogP contribution in [0.1, 0.15) is 18.5 Å². The molecule has 1 saturated heterocycles. The fourth-order valence-electron chi connectivity index (χ4n) is 3.78. The molecule has 2 aliphatic heterocycles. The summed E-state index contributed by atoms with van der Waals surface area (Å²) in [6.07, 6.45) is 0. The summed E-state index contributed by atoms with van der Waals surface area (Å²) in [4.78, 5) is 25.3. The van der Waals surface area contributed by atoms with Crippen LogP contribution < -0.4 is 30.2 Å². The number of para-hydroxylation sites is 1. The smallest absolute Gasteiger partial charge is 0.318 e. The number of amides is 3.